The van der Waals surface area contributed by atoms with Crippen LogP contribution in [0.25, 0.3) is 55.3 Å². The summed E-state index contributed by atoms with van der Waals surface area (Å²) in [4.78, 5) is 7.07. The van der Waals surface area contributed by atoms with Gasteiger partial charge >= 0.3 is 0 Å². The number of nitrogens with zero attached hydrogens (tertiary/aromatic N) is 3. The molecule has 0 radical (unpaired) electrons. The summed E-state index contributed by atoms with van der Waals surface area (Å²) in [5.41, 5.74) is 25.1. The molecular weight excluding hydrogens is 994 g/mol. The Hall–Kier alpha value is -9.32. The average Bonchev–Trinajstić information content (AvgIpc) is 1.28. The van der Waals surface area contributed by atoms with Crippen molar-refractivity contribution in [2.75, 3.05) is 14.7 Å². The second-order valence-corrected chi connectivity index (χ2v) is 24.5. The van der Waals surface area contributed by atoms with Crippen LogP contribution in [-0.2, 0) is 10.8 Å². The highest BCUT2D eigenvalue weighted by Crippen LogP contribution is 2.49. The first kappa shape index (κ1) is 47.5. The number of anilines is 9. The van der Waals surface area contributed by atoms with Crippen LogP contribution < -0.4 is 31.1 Å². The van der Waals surface area contributed by atoms with E-state index in [1.807, 2.05) is 30.3 Å². The quantitative estimate of drug-likeness (QED) is 0.141. The molecule has 0 spiro atoms. The first-order valence-corrected chi connectivity index (χ1v) is 28.7. The Morgan fingerprint density at radius 2 is 0.976 bits per heavy atom. The fraction of sp³-hybridized carbons (Fsp3) is 0.143. The van der Waals surface area contributed by atoms with Gasteiger partial charge in [-0.05, 0) is 176 Å². The van der Waals surface area contributed by atoms with Gasteiger partial charge in [0.05, 0.1) is 5.69 Å². The van der Waals surface area contributed by atoms with E-state index in [-0.39, 0.29) is 23.1 Å². The van der Waals surface area contributed by atoms with Gasteiger partial charge in [0.1, 0.15) is 11.2 Å². The lowest BCUT2D eigenvalue weighted by Crippen LogP contribution is -2.61. The SMILES string of the molecule is [2H]C([2H])([2H])c1cc2c3c(c1)N(c1ccc(-c4cccc5c4oc4ccccc45)cc1)c1cc(N(c4ccc(C(C)(C)C)cc4)c4c(C)cc(C(C)(C)C)cc4C)ccc1B3c1cc(-c3ccccc3)ccc1N2c1ccc(-c2ccccc2)cc1. The predicted octanol–water partition coefficient (Wildman–Crippen LogP) is 19.7. The van der Waals surface area contributed by atoms with Gasteiger partial charge in [0.2, 0.25) is 0 Å². The van der Waals surface area contributed by atoms with Gasteiger partial charge in [-0.3, -0.25) is 0 Å². The lowest BCUT2D eigenvalue weighted by Gasteiger charge is -2.45. The maximum atomic E-state index is 9.25. The molecule has 0 saturated heterocycles. The predicted molar refractivity (Wildman–Crippen MR) is 350 cm³/mol. The molecule has 12 aromatic rings. The minimum atomic E-state index is -2.45. The largest absolute Gasteiger partial charge is 0.455 e. The van der Waals surface area contributed by atoms with Gasteiger partial charge in [0, 0.05) is 65.9 Å². The Bertz CT molecular complexity index is 4530. The molecule has 1 aromatic heterocycles. The van der Waals surface area contributed by atoms with E-state index in [0.717, 1.165) is 123 Å². The molecule has 2 aliphatic heterocycles. The molecule has 5 heteroatoms. The van der Waals surface area contributed by atoms with Crippen molar-refractivity contribution in [3.05, 3.63) is 264 Å². The van der Waals surface area contributed by atoms with Crippen LogP contribution in [-0.4, -0.2) is 6.71 Å². The molecule has 0 saturated carbocycles. The van der Waals surface area contributed by atoms with E-state index in [9.17, 15) is 4.11 Å². The summed E-state index contributed by atoms with van der Waals surface area (Å²) in [5.74, 6) is 0. The van der Waals surface area contributed by atoms with Crippen molar-refractivity contribution >= 4 is 96.2 Å². The molecule has 0 aliphatic carbocycles. The minimum absolute atomic E-state index is 0.0400. The van der Waals surface area contributed by atoms with E-state index >= 15 is 0 Å². The fourth-order valence-corrected chi connectivity index (χ4v) is 12.9. The molecule has 2 aliphatic rings. The Kier molecular flexibility index (Phi) is 11.3. The Balaban J connectivity index is 1.04. The van der Waals surface area contributed by atoms with Crippen LogP contribution in [0.5, 0.6) is 0 Å². The van der Waals surface area contributed by atoms with Gasteiger partial charge in [-0.2, -0.15) is 0 Å². The van der Waals surface area contributed by atoms with Crippen LogP contribution in [0.1, 0.15) is 73.5 Å². The number of hydrogen-bond donors (Lipinski definition) is 0. The molecule has 0 N–H and O–H groups in total. The van der Waals surface area contributed by atoms with Crippen LogP contribution in [0.15, 0.2) is 241 Å². The number of fused-ring (bicyclic) bond motifs is 7. The lowest BCUT2D eigenvalue weighted by molar-refractivity contribution is 0.589. The second kappa shape index (κ2) is 19.5. The lowest BCUT2D eigenvalue weighted by atomic mass is 9.33. The molecule has 0 bridgehead atoms. The third-order valence-electron chi connectivity index (χ3n) is 17.1. The molecule has 0 atom stereocenters. The Morgan fingerprint density at radius 3 is 1.61 bits per heavy atom. The molecule has 3 heterocycles. The zero-order valence-corrected chi connectivity index (χ0v) is 47.8. The fourth-order valence-electron chi connectivity index (χ4n) is 12.9. The van der Waals surface area contributed by atoms with Crippen LogP contribution >= 0.6 is 0 Å². The van der Waals surface area contributed by atoms with Gasteiger partial charge in [0.25, 0.3) is 6.71 Å². The zero-order chi connectivity index (χ0) is 58.7. The van der Waals surface area contributed by atoms with Gasteiger partial charge in [-0.1, -0.05) is 205 Å². The van der Waals surface area contributed by atoms with Crippen molar-refractivity contribution < 1.29 is 8.53 Å². The van der Waals surface area contributed by atoms with Crippen molar-refractivity contribution in [2.24, 2.45) is 0 Å². The molecule has 0 fully saturated rings. The van der Waals surface area contributed by atoms with Crippen molar-refractivity contribution in [3.8, 4) is 33.4 Å². The second-order valence-electron chi connectivity index (χ2n) is 24.5. The summed E-state index contributed by atoms with van der Waals surface area (Å²) in [6, 6.07) is 84.6. The van der Waals surface area contributed by atoms with E-state index in [4.69, 9.17) is 4.42 Å². The number of furan rings is 1. The number of hydrogen-bond acceptors (Lipinski definition) is 4. The van der Waals surface area contributed by atoms with Crippen molar-refractivity contribution in [1.82, 2.24) is 0 Å². The molecule has 398 valence electrons. The van der Waals surface area contributed by atoms with Crippen LogP contribution in [0.4, 0.5) is 51.2 Å². The minimum Gasteiger partial charge on any atom is -0.455 e. The summed E-state index contributed by atoms with van der Waals surface area (Å²) in [5, 5.41) is 2.15. The van der Waals surface area contributed by atoms with E-state index in [1.54, 1.807) is 0 Å². The summed E-state index contributed by atoms with van der Waals surface area (Å²) >= 11 is 0. The van der Waals surface area contributed by atoms with Gasteiger partial charge in [-0.15, -0.1) is 0 Å². The van der Waals surface area contributed by atoms with E-state index in [1.165, 1.54) is 22.3 Å². The third kappa shape index (κ3) is 8.61. The van der Waals surface area contributed by atoms with Gasteiger partial charge < -0.3 is 19.1 Å². The Morgan fingerprint density at radius 1 is 0.427 bits per heavy atom. The summed E-state index contributed by atoms with van der Waals surface area (Å²) in [6.07, 6.45) is 0. The highest BCUT2D eigenvalue weighted by atomic mass is 16.3. The van der Waals surface area contributed by atoms with Crippen LogP contribution in [0.3, 0.4) is 0 Å². The number of aryl methyl sites for hydroxylation is 3. The number of benzene rings is 11. The average molecular weight is 1060 g/mol. The molecule has 0 amide bonds. The summed E-state index contributed by atoms with van der Waals surface area (Å²) in [6.45, 7) is 15.4. The zero-order valence-electron chi connectivity index (χ0n) is 50.8. The molecule has 0 unspecified atom stereocenters. The topological polar surface area (TPSA) is 22.9 Å². The summed E-state index contributed by atoms with van der Waals surface area (Å²) < 4.78 is 34.3. The van der Waals surface area contributed by atoms with Gasteiger partial charge in [-0.25, -0.2) is 0 Å². The van der Waals surface area contributed by atoms with Crippen molar-refractivity contribution in [3.63, 3.8) is 0 Å². The highest BCUT2D eigenvalue weighted by molar-refractivity contribution is 7.00. The first-order valence-electron chi connectivity index (χ1n) is 30.2. The van der Waals surface area contributed by atoms with Gasteiger partial charge in [0.15, 0.2) is 0 Å². The van der Waals surface area contributed by atoms with E-state index in [0.29, 0.717) is 0 Å². The standard InChI is InChI=1S/C77H66BN3O/c1-49-43-70-73-71(44-49)81(61-36-29-55(30-37-61)63-24-18-25-65-64-23-16-17-26-72(64)82-75(63)65)69-48-62(79(59-38-32-57(33-39-59)76(4,5)6)74-50(2)45-58(46-51(74)3)77(7,8)9)40-41-66(69)78(73)67-47-56(53-21-14-11-15-22-53)31-42-68(67)80(70)60-34-27-54(28-35-60)52-19-12-10-13-20-52/h10-48H,1-9H3/i1D3. The van der Waals surface area contributed by atoms with Crippen molar-refractivity contribution in [1.29, 1.82) is 0 Å². The maximum Gasteiger partial charge on any atom is 0.252 e. The van der Waals surface area contributed by atoms with Crippen LogP contribution in [0.2, 0.25) is 0 Å². The Labute approximate surface area is 487 Å². The summed E-state index contributed by atoms with van der Waals surface area (Å²) in [7, 11) is 0. The molecule has 14 rings (SSSR count). The molecular formula is C77H66BN3O. The maximum absolute atomic E-state index is 9.25. The molecule has 4 nitrogen and oxygen atoms in total. The monoisotopic (exact) mass is 1060 g/mol. The third-order valence-corrected chi connectivity index (χ3v) is 17.1. The van der Waals surface area contributed by atoms with E-state index < -0.39 is 6.85 Å². The van der Waals surface area contributed by atoms with E-state index in [2.05, 4.69) is 276 Å². The molecule has 11 aromatic carbocycles. The van der Waals surface area contributed by atoms with Crippen molar-refractivity contribution in [2.45, 2.75) is 73.1 Å². The normalized spacial score (nSPS) is 13.6. The number of rotatable bonds is 8. The highest BCUT2D eigenvalue weighted by Gasteiger charge is 2.44. The van der Waals surface area contributed by atoms with Crippen LogP contribution in [0, 0.1) is 20.7 Å². The first-order chi connectivity index (χ1) is 40.9. The molecule has 82 heavy (non-hydrogen) atoms. The smallest absolute Gasteiger partial charge is 0.252 e. The number of para-hydroxylation sites is 2.